The Labute approximate surface area is 137 Å². The fourth-order valence-corrected chi connectivity index (χ4v) is 3.48. The van der Waals surface area contributed by atoms with E-state index in [-0.39, 0.29) is 17.9 Å². The van der Waals surface area contributed by atoms with Gasteiger partial charge >= 0.3 is 0 Å². The highest BCUT2D eigenvalue weighted by Crippen LogP contribution is 2.41. The van der Waals surface area contributed by atoms with Crippen molar-refractivity contribution in [3.8, 4) is 0 Å². The van der Waals surface area contributed by atoms with E-state index < -0.39 is 0 Å². The number of anilines is 1. The minimum Gasteiger partial charge on any atom is -0.325 e. The smallest absolute Gasteiger partial charge is 0.232 e. The Balaban J connectivity index is 2.15. The maximum absolute atomic E-state index is 12.3. The first-order valence-corrected chi connectivity index (χ1v) is 8.35. The number of amides is 1. The van der Waals surface area contributed by atoms with Gasteiger partial charge in [0, 0.05) is 5.69 Å². The van der Waals surface area contributed by atoms with Gasteiger partial charge in [0.15, 0.2) is 0 Å². The number of hydrogen-bond acceptors (Lipinski definition) is 2. The number of fused-ring (bicyclic) bond motifs is 1. The summed E-state index contributed by atoms with van der Waals surface area (Å²) in [4.78, 5) is 12.3. The molecule has 2 aromatic rings. The number of nitrogens with two attached hydrogens (primary N) is 1. The molecule has 3 heteroatoms. The second-order valence-corrected chi connectivity index (χ2v) is 6.29. The Morgan fingerprint density at radius 1 is 1.17 bits per heavy atom. The molecule has 3 nitrogen and oxygen atoms in total. The average Bonchev–Trinajstić information content (AvgIpc) is 2.88. The standard InChI is InChI=1S/C20H24N2O/c1-4-13-10-16-14(5-2)20(23)22-19(16)17(11-13)18(21)15-9-7-6-8-12(15)3/h6-11,14,18H,4-5,21H2,1-3H3,(H,22,23). The molecule has 1 heterocycles. The maximum Gasteiger partial charge on any atom is 0.232 e. The number of carbonyl (C=O) groups excluding carboxylic acids is 1. The zero-order chi connectivity index (χ0) is 16.6. The Kier molecular flexibility index (Phi) is 4.22. The van der Waals surface area contributed by atoms with Crippen molar-refractivity contribution in [1.82, 2.24) is 0 Å². The quantitative estimate of drug-likeness (QED) is 0.895. The molecular weight excluding hydrogens is 284 g/mol. The van der Waals surface area contributed by atoms with E-state index in [0.29, 0.717) is 0 Å². The van der Waals surface area contributed by atoms with Gasteiger partial charge in [0.1, 0.15) is 0 Å². The number of rotatable bonds is 4. The molecule has 0 spiro atoms. The Morgan fingerprint density at radius 2 is 1.91 bits per heavy atom. The first kappa shape index (κ1) is 15.8. The van der Waals surface area contributed by atoms with Gasteiger partial charge in [-0.15, -0.1) is 0 Å². The normalized spacial score (nSPS) is 17.7. The lowest BCUT2D eigenvalue weighted by atomic mass is 9.88. The predicted molar refractivity (Wildman–Crippen MR) is 94.7 cm³/mol. The molecule has 0 radical (unpaired) electrons. The summed E-state index contributed by atoms with van der Waals surface area (Å²) < 4.78 is 0. The van der Waals surface area contributed by atoms with Crippen molar-refractivity contribution in [2.75, 3.05) is 5.32 Å². The van der Waals surface area contributed by atoms with Crippen molar-refractivity contribution in [2.45, 2.75) is 45.6 Å². The van der Waals surface area contributed by atoms with E-state index in [4.69, 9.17) is 5.73 Å². The van der Waals surface area contributed by atoms with Crippen molar-refractivity contribution in [3.05, 3.63) is 64.2 Å². The summed E-state index contributed by atoms with van der Waals surface area (Å²) in [5, 5.41) is 3.07. The van der Waals surface area contributed by atoms with E-state index in [1.807, 2.05) is 12.1 Å². The molecule has 2 unspecified atom stereocenters. The molecule has 23 heavy (non-hydrogen) atoms. The van der Waals surface area contributed by atoms with E-state index >= 15 is 0 Å². The topological polar surface area (TPSA) is 55.1 Å². The second-order valence-electron chi connectivity index (χ2n) is 6.29. The molecule has 2 aromatic carbocycles. The van der Waals surface area contributed by atoms with Crippen LogP contribution in [0, 0.1) is 6.92 Å². The summed E-state index contributed by atoms with van der Waals surface area (Å²) >= 11 is 0. The molecule has 1 aliphatic heterocycles. The molecule has 1 amide bonds. The summed E-state index contributed by atoms with van der Waals surface area (Å²) in [6.45, 7) is 6.27. The first-order valence-electron chi connectivity index (χ1n) is 8.35. The molecule has 120 valence electrons. The lowest BCUT2D eigenvalue weighted by molar-refractivity contribution is -0.117. The van der Waals surface area contributed by atoms with Crippen LogP contribution < -0.4 is 11.1 Å². The van der Waals surface area contributed by atoms with Crippen LogP contribution in [0.2, 0.25) is 0 Å². The largest absolute Gasteiger partial charge is 0.325 e. The van der Waals surface area contributed by atoms with Gasteiger partial charge in [0.05, 0.1) is 12.0 Å². The van der Waals surface area contributed by atoms with Crippen molar-refractivity contribution in [1.29, 1.82) is 0 Å². The number of carbonyl (C=O) groups is 1. The molecule has 0 saturated heterocycles. The minimum absolute atomic E-state index is 0.0562. The van der Waals surface area contributed by atoms with E-state index in [0.717, 1.165) is 35.2 Å². The third kappa shape index (κ3) is 2.66. The molecule has 0 bridgehead atoms. The summed E-state index contributed by atoms with van der Waals surface area (Å²) in [5.41, 5.74) is 13.2. The highest BCUT2D eigenvalue weighted by atomic mass is 16.2. The highest BCUT2D eigenvalue weighted by Gasteiger charge is 2.32. The molecule has 0 aromatic heterocycles. The molecule has 3 rings (SSSR count). The number of benzene rings is 2. The Hall–Kier alpha value is -2.13. The van der Waals surface area contributed by atoms with Gasteiger partial charge in [-0.05, 0) is 47.6 Å². The lowest BCUT2D eigenvalue weighted by Gasteiger charge is -2.20. The third-order valence-electron chi connectivity index (χ3n) is 4.87. The molecule has 2 atom stereocenters. The maximum atomic E-state index is 12.3. The number of nitrogens with one attached hydrogen (secondary N) is 1. The SMILES string of the molecule is CCc1cc2c(c(C(N)c3ccccc3C)c1)NC(=O)C2CC. The van der Waals surface area contributed by atoms with Crippen LogP contribution in [0.1, 0.15) is 60.0 Å². The fraction of sp³-hybridized carbons (Fsp3) is 0.350. The van der Waals surface area contributed by atoms with E-state index in [1.165, 1.54) is 11.1 Å². The second kappa shape index (κ2) is 6.17. The molecule has 3 N–H and O–H groups in total. The summed E-state index contributed by atoms with van der Waals surface area (Å²) in [7, 11) is 0. The van der Waals surface area contributed by atoms with Crippen LogP contribution in [-0.2, 0) is 11.2 Å². The third-order valence-corrected chi connectivity index (χ3v) is 4.87. The van der Waals surface area contributed by atoms with E-state index in [9.17, 15) is 4.79 Å². The molecule has 0 saturated carbocycles. The van der Waals surface area contributed by atoms with Crippen molar-refractivity contribution in [2.24, 2.45) is 5.73 Å². The monoisotopic (exact) mass is 308 g/mol. The minimum atomic E-state index is -0.229. The van der Waals surface area contributed by atoms with E-state index in [2.05, 4.69) is 50.4 Å². The van der Waals surface area contributed by atoms with Crippen LogP contribution >= 0.6 is 0 Å². The predicted octanol–water partition coefficient (Wildman–Crippen LogP) is 4.05. The van der Waals surface area contributed by atoms with Crippen LogP contribution in [0.5, 0.6) is 0 Å². The Morgan fingerprint density at radius 3 is 2.57 bits per heavy atom. The zero-order valence-electron chi connectivity index (χ0n) is 14.0. The van der Waals surface area contributed by atoms with Crippen LogP contribution in [0.4, 0.5) is 5.69 Å². The summed E-state index contributed by atoms with van der Waals surface area (Å²) in [6, 6.07) is 12.3. The highest BCUT2D eigenvalue weighted by molar-refractivity contribution is 6.04. The summed E-state index contributed by atoms with van der Waals surface area (Å²) in [6.07, 6.45) is 1.75. The van der Waals surface area contributed by atoms with Gasteiger partial charge in [0.2, 0.25) is 5.91 Å². The number of hydrogen-bond donors (Lipinski definition) is 2. The molecule has 1 aliphatic rings. The van der Waals surface area contributed by atoms with Gasteiger partial charge in [-0.2, -0.15) is 0 Å². The van der Waals surface area contributed by atoms with Gasteiger partial charge in [0.25, 0.3) is 0 Å². The zero-order valence-corrected chi connectivity index (χ0v) is 14.0. The van der Waals surface area contributed by atoms with Gasteiger partial charge < -0.3 is 11.1 Å². The number of aryl methyl sites for hydroxylation is 2. The van der Waals surface area contributed by atoms with Crippen LogP contribution in [0.25, 0.3) is 0 Å². The van der Waals surface area contributed by atoms with Crippen LogP contribution in [0.15, 0.2) is 36.4 Å². The van der Waals surface area contributed by atoms with Gasteiger partial charge in [-0.3, -0.25) is 4.79 Å². The van der Waals surface area contributed by atoms with Gasteiger partial charge in [-0.1, -0.05) is 50.2 Å². The van der Waals surface area contributed by atoms with Crippen LogP contribution in [-0.4, -0.2) is 5.91 Å². The Bertz CT molecular complexity index is 751. The van der Waals surface area contributed by atoms with Crippen molar-refractivity contribution < 1.29 is 4.79 Å². The van der Waals surface area contributed by atoms with Crippen molar-refractivity contribution in [3.63, 3.8) is 0 Å². The molecule has 0 aliphatic carbocycles. The lowest BCUT2D eigenvalue weighted by Crippen LogP contribution is -2.16. The first-order chi connectivity index (χ1) is 11.1. The van der Waals surface area contributed by atoms with Crippen molar-refractivity contribution >= 4 is 11.6 Å². The van der Waals surface area contributed by atoms with E-state index in [1.54, 1.807) is 0 Å². The molecular formula is C20H24N2O. The summed E-state index contributed by atoms with van der Waals surface area (Å²) in [5.74, 6) is 0.0355. The van der Waals surface area contributed by atoms with Crippen LogP contribution in [0.3, 0.4) is 0 Å². The average molecular weight is 308 g/mol. The molecule has 0 fully saturated rings. The fourth-order valence-electron chi connectivity index (χ4n) is 3.48. The van der Waals surface area contributed by atoms with Gasteiger partial charge in [-0.25, -0.2) is 0 Å².